The molecule has 2 aromatic carbocycles. The molecule has 0 saturated carbocycles. The number of anilines is 1. The molecule has 9 heteroatoms. The number of halogens is 3. The Morgan fingerprint density at radius 1 is 1.11 bits per heavy atom. The van der Waals surface area contributed by atoms with E-state index in [2.05, 4.69) is 15.3 Å². The molecule has 0 aliphatic heterocycles. The Labute approximate surface area is 157 Å². The molecule has 0 saturated heterocycles. The number of methoxy groups -OCH3 is 1. The van der Waals surface area contributed by atoms with E-state index < -0.39 is 29.0 Å². The second-order valence-electron chi connectivity index (χ2n) is 5.71. The van der Waals surface area contributed by atoms with E-state index in [1.807, 2.05) is 0 Å². The second kappa shape index (κ2) is 7.55. The number of nitrogens with zero attached hydrogens (tertiary/aromatic N) is 1. The van der Waals surface area contributed by atoms with E-state index >= 15 is 0 Å². The molecular formula is C19H14F3N3O3. The lowest BCUT2D eigenvalue weighted by Gasteiger charge is -2.13. The van der Waals surface area contributed by atoms with Gasteiger partial charge in [0, 0.05) is 5.56 Å². The third-order valence-corrected chi connectivity index (χ3v) is 3.86. The van der Waals surface area contributed by atoms with E-state index in [0.29, 0.717) is 11.3 Å². The van der Waals surface area contributed by atoms with Crippen LogP contribution in [0.1, 0.15) is 16.1 Å². The summed E-state index contributed by atoms with van der Waals surface area (Å²) in [5, 5.41) is 2.18. The Kier molecular flexibility index (Phi) is 5.16. The average molecular weight is 389 g/mol. The SMILES string of the molecule is COc1ccc(-c2cc(C(=O)Nc3ccccc3C(F)(F)F)[nH]c(=O)n2)cc1. The van der Waals surface area contributed by atoms with Gasteiger partial charge in [-0.25, -0.2) is 4.79 Å². The Hall–Kier alpha value is -3.62. The molecule has 2 N–H and O–H groups in total. The second-order valence-corrected chi connectivity index (χ2v) is 5.71. The molecule has 1 aromatic heterocycles. The van der Waals surface area contributed by atoms with Crippen LogP contribution in [-0.4, -0.2) is 23.0 Å². The zero-order valence-corrected chi connectivity index (χ0v) is 14.5. The third-order valence-electron chi connectivity index (χ3n) is 3.86. The number of alkyl halides is 3. The van der Waals surface area contributed by atoms with E-state index in [4.69, 9.17) is 4.74 Å². The van der Waals surface area contributed by atoms with Crippen molar-refractivity contribution in [1.29, 1.82) is 0 Å². The van der Waals surface area contributed by atoms with Crippen LogP contribution in [0.2, 0.25) is 0 Å². The number of aromatic nitrogens is 2. The lowest BCUT2D eigenvalue weighted by Crippen LogP contribution is -2.22. The van der Waals surface area contributed by atoms with Crippen molar-refractivity contribution in [3.8, 4) is 17.0 Å². The molecule has 0 radical (unpaired) electrons. The highest BCUT2D eigenvalue weighted by Gasteiger charge is 2.33. The number of ether oxygens (including phenoxy) is 1. The van der Waals surface area contributed by atoms with Crippen LogP contribution >= 0.6 is 0 Å². The largest absolute Gasteiger partial charge is 0.497 e. The molecule has 3 aromatic rings. The van der Waals surface area contributed by atoms with E-state index in [1.165, 1.54) is 25.3 Å². The van der Waals surface area contributed by atoms with E-state index in [0.717, 1.165) is 12.1 Å². The summed E-state index contributed by atoms with van der Waals surface area (Å²) in [6.45, 7) is 0. The van der Waals surface area contributed by atoms with Gasteiger partial charge in [-0.2, -0.15) is 18.2 Å². The molecular weight excluding hydrogens is 375 g/mol. The summed E-state index contributed by atoms with van der Waals surface area (Å²) < 4.78 is 44.3. The number of aromatic amines is 1. The van der Waals surface area contributed by atoms with E-state index in [-0.39, 0.29) is 11.4 Å². The van der Waals surface area contributed by atoms with Crippen LogP contribution in [0.25, 0.3) is 11.3 Å². The zero-order chi connectivity index (χ0) is 20.3. The van der Waals surface area contributed by atoms with Crippen LogP contribution in [0.3, 0.4) is 0 Å². The summed E-state index contributed by atoms with van der Waals surface area (Å²) in [5.41, 5.74) is -1.69. The standard InChI is InChI=1S/C19H14F3N3O3/c1-28-12-8-6-11(7-9-12)15-10-16(25-18(27)24-15)17(26)23-14-5-3-2-4-13(14)19(20,21)22/h2-10H,1H3,(H,23,26)(H,24,25,27). The summed E-state index contributed by atoms with van der Waals surface area (Å²) in [7, 11) is 1.50. The van der Waals surface area contributed by atoms with Crippen LogP contribution in [0.15, 0.2) is 59.4 Å². The Bertz CT molecular complexity index is 1060. The summed E-state index contributed by atoms with van der Waals surface area (Å²) in [6, 6.07) is 12.4. The fourth-order valence-electron chi connectivity index (χ4n) is 2.52. The highest BCUT2D eigenvalue weighted by molar-refractivity contribution is 6.03. The van der Waals surface area contributed by atoms with Gasteiger partial charge in [0.05, 0.1) is 24.1 Å². The summed E-state index contributed by atoms with van der Waals surface area (Å²) >= 11 is 0. The number of benzene rings is 2. The number of hydrogen-bond donors (Lipinski definition) is 2. The quantitative estimate of drug-likeness (QED) is 0.712. The topological polar surface area (TPSA) is 84.1 Å². The molecule has 0 spiro atoms. The molecule has 0 bridgehead atoms. The molecule has 144 valence electrons. The molecule has 3 rings (SSSR count). The van der Waals surface area contributed by atoms with Crippen molar-refractivity contribution in [3.05, 3.63) is 76.3 Å². The summed E-state index contributed by atoms with van der Waals surface area (Å²) in [4.78, 5) is 30.3. The van der Waals surface area contributed by atoms with Crippen LogP contribution in [0, 0.1) is 0 Å². The van der Waals surface area contributed by atoms with Crippen molar-refractivity contribution in [2.24, 2.45) is 0 Å². The summed E-state index contributed by atoms with van der Waals surface area (Å²) in [6.07, 6.45) is -4.64. The predicted octanol–water partition coefficient (Wildman–Crippen LogP) is 3.72. The molecule has 28 heavy (non-hydrogen) atoms. The maximum absolute atomic E-state index is 13.1. The first-order valence-corrected chi connectivity index (χ1v) is 8.01. The van der Waals surface area contributed by atoms with E-state index in [9.17, 15) is 22.8 Å². The Morgan fingerprint density at radius 2 is 1.79 bits per heavy atom. The van der Waals surface area contributed by atoms with E-state index in [1.54, 1.807) is 24.3 Å². The first-order valence-electron chi connectivity index (χ1n) is 8.01. The monoisotopic (exact) mass is 389 g/mol. The van der Waals surface area contributed by atoms with Crippen LogP contribution in [0.4, 0.5) is 18.9 Å². The van der Waals surface area contributed by atoms with Gasteiger partial charge in [0.15, 0.2) is 0 Å². The normalized spacial score (nSPS) is 11.1. The van der Waals surface area contributed by atoms with Gasteiger partial charge >= 0.3 is 11.9 Å². The van der Waals surface area contributed by atoms with Gasteiger partial charge in [-0.05, 0) is 42.5 Å². The van der Waals surface area contributed by atoms with Gasteiger partial charge in [0.2, 0.25) is 0 Å². The van der Waals surface area contributed by atoms with Gasteiger partial charge < -0.3 is 15.0 Å². The van der Waals surface area contributed by atoms with Crippen molar-refractivity contribution < 1.29 is 22.7 Å². The molecule has 0 unspecified atom stereocenters. The van der Waals surface area contributed by atoms with Gasteiger partial charge in [0.25, 0.3) is 5.91 Å². The zero-order valence-electron chi connectivity index (χ0n) is 14.5. The van der Waals surface area contributed by atoms with Crippen molar-refractivity contribution in [2.45, 2.75) is 6.18 Å². The lowest BCUT2D eigenvalue weighted by molar-refractivity contribution is -0.136. The lowest BCUT2D eigenvalue weighted by atomic mass is 10.1. The third kappa shape index (κ3) is 4.20. The maximum atomic E-state index is 13.1. The molecule has 0 fully saturated rings. The number of hydrogen-bond acceptors (Lipinski definition) is 4. The number of rotatable bonds is 4. The number of carbonyl (C=O) groups is 1. The highest BCUT2D eigenvalue weighted by atomic mass is 19.4. The smallest absolute Gasteiger partial charge is 0.418 e. The minimum atomic E-state index is -4.64. The Balaban J connectivity index is 1.93. The number of nitrogens with one attached hydrogen (secondary N) is 2. The minimum absolute atomic E-state index is 0.195. The van der Waals surface area contributed by atoms with Gasteiger partial charge in [-0.3, -0.25) is 4.79 Å². The van der Waals surface area contributed by atoms with Gasteiger partial charge in [-0.15, -0.1) is 0 Å². The minimum Gasteiger partial charge on any atom is -0.497 e. The maximum Gasteiger partial charge on any atom is 0.418 e. The highest BCUT2D eigenvalue weighted by Crippen LogP contribution is 2.34. The van der Waals surface area contributed by atoms with Gasteiger partial charge in [-0.1, -0.05) is 12.1 Å². The molecule has 0 aliphatic rings. The van der Waals surface area contributed by atoms with Crippen molar-refractivity contribution in [1.82, 2.24) is 9.97 Å². The first kappa shape index (κ1) is 19.2. The van der Waals surface area contributed by atoms with Crippen molar-refractivity contribution in [2.75, 3.05) is 12.4 Å². The number of H-pyrrole nitrogens is 1. The fourth-order valence-corrected chi connectivity index (χ4v) is 2.52. The number of para-hydroxylation sites is 1. The number of carbonyl (C=O) groups excluding carboxylic acids is 1. The number of amides is 1. The van der Waals surface area contributed by atoms with Gasteiger partial charge in [0.1, 0.15) is 11.4 Å². The summed E-state index contributed by atoms with van der Waals surface area (Å²) in [5.74, 6) is -0.304. The molecule has 0 atom stereocenters. The fraction of sp³-hybridized carbons (Fsp3) is 0.105. The predicted molar refractivity (Wildman–Crippen MR) is 96.2 cm³/mol. The molecule has 1 amide bonds. The molecule has 0 aliphatic carbocycles. The molecule has 1 heterocycles. The molecule has 6 nitrogen and oxygen atoms in total. The Morgan fingerprint density at radius 3 is 2.43 bits per heavy atom. The van der Waals surface area contributed by atoms with Crippen molar-refractivity contribution in [3.63, 3.8) is 0 Å². The van der Waals surface area contributed by atoms with Crippen molar-refractivity contribution >= 4 is 11.6 Å². The van der Waals surface area contributed by atoms with Crippen LogP contribution < -0.4 is 15.7 Å². The first-order chi connectivity index (χ1) is 13.3. The average Bonchev–Trinajstić information content (AvgIpc) is 2.67. The van der Waals surface area contributed by atoms with Crippen LogP contribution in [-0.2, 0) is 6.18 Å². The van der Waals surface area contributed by atoms with Crippen LogP contribution in [0.5, 0.6) is 5.75 Å².